The number of hydrogen-bond donors (Lipinski definition) is 1. The highest BCUT2D eigenvalue weighted by molar-refractivity contribution is 9.10. The highest BCUT2D eigenvalue weighted by Gasteiger charge is 2.25. The van der Waals surface area contributed by atoms with Crippen LogP contribution in [0, 0.1) is 0 Å². The molecule has 4 nitrogen and oxygen atoms in total. The summed E-state index contributed by atoms with van der Waals surface area (Å²) >= 11 is 4.97. The smallest absolute Gasteiger partial charge is 0.334 e. The molecule has 112 valence electrons. The fourth-order valence-corrected chi connectivity index (χ4v) is 3.46. The average molecular weight is 370 g/mol. The Morgan fingerprint density at radius 2 is 2.05 bits per heavy atom. The molecule has 0 radical (unpaired) electrons. The summed E-state index contributed by atoms with van der Waals surface area (Å²) in [7, 11) is 1.62. The topological polar surface area (TPSA) is 47.6 Å². The molecule has 1 aromatic heterocycles. The van der Waals surface area contributed by atoms with Crippen LogP contribution in [0.15, 0.2) is 40.2 Å². The predicted molar refractivity (Wildman–Crippen MR) is 88.0 cm³/mol. The number of esters is 1. The third-order valence-electron chi connectivity index (χ3n) is 2.83. The number of halogens is 1. The summed E-state index contributed by atoms with van der Waals surface area (Å²) in [5.74, 6) is 0.474. The van der Waals surface area contributed by atoms with Crippen LogP contribution in [0.4, 0.5) is 5.69 Å². The van der Waals surface area contributed by atoms with Crippen LogP contribution >= 0.6 is 27.3 Å². The van der Waals surface area contributed by atoms with E-state index in [0.29, 0.717) is 6.61 Å². The molecular formula is C15H16BrNO3S. The molecule has 0 spiro atoms. The number of rotatable bonds is 6. The van der Waals surface area contributed by atoms with Crippen molar-refractivity contribution in [1.29, 1.82) is 0 Å². The van der Waals surface area contributed by atoms with Gasteiger partial charge in [0.2, 0.25) is 0 Å². The molecule has 2 aromatic rings. The van der Waals surface area contributed by atoms with Crippen LogP contribution in [0.3, 0.4) is 0 Å². The molecule has 0 aliphatic heterocycles. The molecule has 0 aliphatic carbocycles. The maximum atomic E-state index is 12.2. The van der Waals surface area contributed by atoms with Gasteiger partial charge in [0, 0.05) is 10.2 Å². The SMILES string of the molecule is CCOC(=O)C(Nc1ccc(OC)cc1)c1sccc1Br. The van der Waals surface area contributed by atoms with E-state index >= 15 is 0 Å². The highest BCUT2D eigenvalue weighted by Crippen LogP contribution is 2.32. The van der Waals surface area contributed by atoms with Crippen LogP contribution in [0.1, 0.15) is 17.8 Å². The van der Waals surface area contributed by atoms with Crippen LogP contribution < -0.4 is 10.1 Å². The Morgan fingerprint density at radius 1 is 1.33 bits per heavy atom. The van der Waals surface area contributed by atoms with Crippen LogP contribution in [0.5, 0.6) is 5.75 Å². The number of carbonyl (C=O) groups excluding carboxylic acids is 1. The van der Waals surface area contributed by atoms with Gasteiger partial charge in [0.15, 0.2) is 6.04 Å². The van der Waals surface area contributed by atoms with Crippen molar-refractivity contribution in [2.45, 2.75) is 13.0 Å². The second kappa shape index (κ2) is 7.47. The van der Waals surface area contributed by atoms with Gasteiger partial charge >= 0.3 is 5.97 Å². The third-order valence-corrected chi connectivity index (χ3v) is 4.77. The summed E-state index contributed by atoms with van der Waals surface area (Å²) in [5, 5.41) is 5.14. The van der Waals surface area contributed by atoms with E-state index in [0.717, 1.165) is 20.8 Å². The number of methoxy groups -OCH3 is 1. The second-order valence-corrected chi connectivity index (χ2v) is 5.99. The van der Waals surface area contributed by atoms with Crippen molar-refractivity contribution in [3.8, 4) is 5.75 Å². The van der Waals surface area contributed by atoms with E-state index in [9.17, 15) is 4.79 Å². The maximum Gasteiger partial charge on any atom is 0.334 e. The standard InChI is InChI=1S/C15H16BrNO3S/c1-3-20-15(18)13(14-12(16)8-9-21-14)17-10-4-6-11(19-2)7-5-10/h4-9,13,17H,3H2,1-2H3. The Kier molecular flexibility index (Phi) is 5.64. The molecular weight excluding hydrogens is 354 g/mol. The van der Waals surface area contributed by atoms with Gasteiger partial charge in [0.1, 0.15) is 5.75 Å². The minimum atomic E-state index is -0.535. The highest BCUT2D eigenvalue weighted by atomic mass is 79.9. The van der Waals surface area contributed by atoms with Gasteiger partial charge in [-0.25, -0.2) is 4.79 Å². The average Bonchev–Trinajstić information content (AvgIpc) is 2.91. The molecule has 0 amide bonds. The number of thiophene rings is 1. The fourth-order valence-electron chi connectivity index (χ4n) is 1.82. The van der Waals surface area contributed by atoms with E-state index in [-0.39, 0.29) is 5.97 Å². The zero-order valence-electron chi connectivity index (χ0n) is 11.8. The van der Waals surface area contributed by atoms with E-state index < -0.39 is 6.04 Å². The summed E-state index contributed by atoms with van der Waals surface area (Å²) < 4.78 is 11.2. The monoisotopic (exact) mass is 369 g/mol. The number of hydrogen-bond acceptors (Lipinski definition) is 5. The molecule has 0 bridgehead atoms. The first-order chi connectivity index (χ1) is 10.2. The van der Waals surface area contributed by atoms with E-state index in [2.05, 4.69) is 21.2 Å². The number of nitrogens with one attached hydrogen (secondary N) is 1. The molecule has 1 unspecified atom stereocenters. The van der Waals surface area contributed by atoms with Crippen LogP contribution in [0.25, 0.3) is 0 Å². The predicted octanol–water partition coefficient (Wildman–Crippen LogP) is 4.24. The normalized spacial score (nSPS) is 11.8. The summed E-state index contributed by atoms with van der Waals surface area (Å²) in [6, 6.07) is 8.80. The molecule has 0 aliphatic rings. The molecule has 0 fully saturated rings. The molecule has 21 heavy (non-hydrogen) atoms. The van der Waals surface area contributed by atoms with Gasteiger partial charge in [0.25, 0.3) is 0 Å². The van der Waals surface area contributed by atoms with Crippen molar-refractivity contribution >= 4 is 38.9 Å². The van der Waals surface area contributed by atoms with E-state index in [4.69, 9.17) is 9.47 Å². The summed E-state index contributed by atoms with van der Waals surface area (Å²) in [4.78, 5) is 13.1. The number of ether oxygens (including phenoxy) is 2. The van der Waals surface area contributed by atoms with Crippen LogP contribution in [-0.4, -0.2) is 19.7 Å². The van der Waals surface area contributed by atoms with Crippen molar-refractivity contribution in [3.05, 3.63) is 45.1 Å². The molecule has 0 saturated carbocycles. The lowest BCUT2D eigenvalue weighted by molar-refractivity contribution is -0.144. The van der Waals surface area contributed by atoms with Gasteiger partial charge in [0.05, 0.1) is 18.6 Å². The van der Waals surface area contributed by atoms with Crippen LogP contribution in [0.2, 0.25) is 0 Å². The van der Waals surface area contributed by atoms with Gasteiger partial charge in [-0.3, -0.25) is 0 Å². The Balaban J connectivity index is 2.23. The quantitative estimate of drug-likeness (QED) is 0.773. The first kappa shape index (κ1) is 15.9. The lowest BCUT2D eigenvalue weighted by atomic mass is 10.2. The fraction of sp³-hybridized carbons (Fsp3) is 0.267. The maximum absolute atomic E-state index is 12.2. The third kappa shape index (κ3) is 3.98. The summed E-state index contributed by atoms with van der Waals surface area (Å²) in [6.45, 7) is 2.15. The van der Waals surface area contributed by atoms with E-state index in [1.54, 1.807) is 14.0 Å². The largest absolute Gasteiger partial charge is 0.497 e. The Morgan fingerprint density at radius 3 is 2.57 bits per heavy atom. The van der Waals surface area contributed by atoms with Crippen molar-refractivity contribution in [2.75, 3.05) is 19.0 Å². The van der Waals surface area contributed by atoms with Crippen molar-refractivity contribution in [2.24, 2.45) is 0 Å². The zero-order chi connectivity index (χ0) is 15.2. The molecule has 0 saturated heterocycles. The lowest BCUT2D eigenvalue weighted by Gasteiger charge is -2.18. The van der Waals surface area contributed by atoms with Crippen molar-refractivity contribution in [3.63, 3.8) is 0 Å². The molecule has 6 heteroatoms. The molecule has 1 heterocycles. The zero-order valence-corrected chi connectivity index (χ0v) is 14.2. The first-order valence-corrected chi connectivity index (χ1v) is 8.13. The second-order valence-electron chi connectivity index (χ2n) is 4.19. The Bertz CT molecular complexity index is 597. The van der Waals surface area contributed by atoms with Crippen LogP contribution in [-0.2, 0) is 9.53 Å². The molecule has 1 atom stereocenters. The number of anilines is 1. The first-order valence-electron chi connectivity index (χ1n) is 6.45. The summed E-state index contributed by atoms with van der Waals surface area (Å²) in [5.41, 5.74) is 0.828. The van der Waals surface area contributed by atoms with Gasteiger partial charge in [-0.15, -0.1) is 11.3 Å². The van der Waals surface area contributed by atoms with E-state index in [1.165, 1.54) is 11.3 Å². The van der Waals surface area contributed by atoms with Gasteiger partial charge < -0.3 is 14.8 Å². The van der Waals surface area contributed by atoms with Gasteiger partial charge in [-0.2, -0.15) is 0 Å². The van der Waals surface area contributed by atoms with E-state index in [1.807, 2.05) is 35.7 Å². The molecule has 1 aromatic carbocycles. The van der Waals surface area contributed by atoms with Gasteiger partial charge in [-0.1, -0.05) is 0 Å². The minimum Gasteiger partial charge on any atom is -0.497 e. The molecule has 1 N–H and O–H groups in total. The minimum absolute atomic E-state index is 0.295. The number of carbonyl (C=O) groups is 1. The van der Waals surface area contributed by atoms with Crippen molar-refractivity contribution in [1.82, 2.24) is 0 Å². The van der Waals surface area contributed by atoms with Gasteiger partial charge in [-0.05, 0) is 58.6 Å². The summed E-state index contributed by atoms with van der Waals surface area (Å²) in [6.07, 6.45) is 0. The number of benzene rings is 1. The Hall–Kier alpha value is -1.53. The lowest BCUT2D eigenvalue weighted by Crippen LogP contribution is -2.22. The van der Waals surface area contributed by atoms with Crippen molar-refractivity contribution < 1.29 is 14.3 Å². The molecule has 2 rings (SSSR count). The Labute approximate surface area is 136 Å².